The van der Waals surface area contributed by atoms with Crippen molar-refractivity contribution in [2.24, 2.45) is 0 Å². The fourth-order valence-electron chi connectivity index (χ4n) is 2.39. The first kappa shape index (κ1) is 15.3. The van der Waals surface area contributed by atoms with E-state index < -0.39 is 0 Å². The zero-order valence-electron chi connectivity index (χ0n) is 13.1. The lowest BCUT2D eigenvalue weighted by atomic mass is 10.3. The van der Waals surface area contributed by atoms with E-state index in [1.807, 2.05) is 38.4 Å². The lowest BCUT2D eigenvalue weighted by molar-refractivity contribution is -0.124. The van der Waals surface area contributed by atoms with E-state index in [1.54, 1.807) is 10.9 Å². The molecule has 1 unspecified atom stereocenters. The maximum absolute atomic E-state index is 12.1. The third kappa shape index (κ3) is 3.71. The second-order valence-electron chi connectivity index (χ2n) is 5.39. The van der Waals surface area contributed by atoms with Crippen molar-refractivity contribution in [1.29, 1.82) is 0 Å². The molecule has 0 fully saturated rings. The minimum atomic E-state index is -0.284. The van der Waals surface area contributed by atoms with Gasteiger partial charge in [0.25, 0.3) is 0 Å². The molecular weight excluding hydrogens is 266 g/mol. The lowest BCUT2D eigenvalue weighted by Gasteiger charge is -2.14. The van der Waals surface area contributed by atoms with Crippen molar-refractivity contribution < 1.29 is 4.79 Å². The summed E-state index contributed by atoms with van der Waals surface area (Å²) in [6.45, 7) is 9.29. The minimum Gasteiger partial charge on any atom is -0.354 e. The zero-order chi connectivity index (χ0) is 15.4. The molecule has 1 atom stereocenters. The summed E-state index contributed by atoms with van der Waals surface area (Å²) in [7, 11) is 0. The second-order valence-corrected chi connectivity index (χ2v) is 5.39. The molecule has 21 heavy (non-hydrogen) atoms. The monoisotopic (exact) mass is 289 g/mol. The van der Waals surface area contributed by atoms with Crippen LogP contribution in [0.5, 0.6) is 0 Å². The van der Waals surface area contributed by atoms with Crippen LogP contribution in [0.4, 0.5) is 0 Å². The highest BCUT2D eigenvalue weighted by Crippen LogP contribution is 2.08. The first-order chi connectivity index (χ1) is 9.99. The smallest absolute Gasteiger partial charge is 0.244 e. The highest BCUT2D eigenvalue weighted by Gasteiger charge is 2.16. The van der Waals surface area contributed by atoms with Gasteiger partial charge >= 0.3 is 0 Å². The van der Waals surface area contributed by atoms with Crippen molar-refractivity contribution in [2.75, 3.05) is 6.54 Å². The topological polar surface area (TPSA) is 64.7 Å². The Hall–Kier alpha value is -2.11. The summed E-state index contributed by atoms with van der Waals surface area (Å²) in [5, 5.41) is 11.5. The van der Waals surface area contributed by atoms with Gasteiger partial charge in [0.1, 0.15) is 6.04 Å². The van der Waals surface area contributed by atoms with E-state index in [4.69, 9.17) is 0 Å². The fraction of sp³-hybridized carbons (Fsp3) is 0.533. The average Bonchev–Trinajstić information content (AvgIpc) is 2.99. The molecule has 0 saturated carbocycles. The predicted octanol–water partition coefficient (Wildman–Crippen LogP) is 1.77. The standard InChI is InChI=1S/C15H23N5O/c1-11-10-13(3)19(18-11)9-5-7-16-15(21)14(4)20-12(2)6-8-17-20/h6,8,10,14H,5,7,9H2,1-4H3,(H,16,21). The number of aromatic nitrogens is 4. The fourth-order valence-corrected chi connectivity index (χ4v) is 2.39. The third-order valence-electron chi connectivity index (χ3n) is 3.56. The van der Waals surface area contributed by atoms with E-state index in [0.29, 0.717) is 6.54 Å². The van der Waals surface area contributed by atoms with Crippen LogP contribution in [0.2, 0.25) is 0 Å². The molecule has 0 saturated heterocycles. The van der Waals surface area contributed by atoms with Crippen LogP contribution in [0.25, 0.3) is 0 Å². The van der Waals surface area contributed by atoms with Gasteiger partial charge in [-0.05, 0) is 46.2 Å². The quantitative estimate of drug-likeness (QED) is 0.824. The Morgan fingerprint density at radius 1 is 1.33 bits per heavy atom. The summed E-state index contributed by atoms with van der Waals surface area (Å²) in [6.07, 6.45) is 2.57. The number of rotatable bonds is 6. The van der Waals surface area contributed by atoms with Crippen molar-refractivity contribution in [3.05, 3.63) is 35.4 Å². The molecule has 6 nitrogen and oxygen atoms in total. The van der Waals surface area contributed by atoms with Crippen molar-refractivity contribution in [1.82, 2.24) is 24.9 Å². The van der Waals surface area contributed by atoms with E-state index in [2.05, 4.69) is 21.6 Å². The molecule has 0 aliphatic carbocycles. The summed E-state index contributed by atoms with van der Waals surface area (Å²) in [6, 6.07) is 3.67. The van der Waals surface area contributed by atoms with Crippen LogP contribution in [0, 0.1) is 20.8 Å². The van der Waals surface area contributed by atoms with Crippen LogP contribution in [0.15, 0.2) is 18.3 Å². The van der Waals surface area contributed by atoms with Gasteiger partial charge in [-0.25, -0.2) is 0 Å². The number of nitrogens with one attached hydrogen (secondary N) is 1. The van der Waals surface area contributed by atoms with Crippen molar-refractivity contribution in [2.45, 2.75) is 46.7 Å². The first-order valence-corrected chi connectivity index (χ1v) is 7.28. The molecule has 0 aromatic carbocycles. The van der Waals surface area contributed by atoms with Crippen LogP contribution < -0.4 is 5.32 Å². The predicted molar refractivity (Wildman–Crippen MR) is 81.0 cm³/mol. The molecule has 2 aromatic heterocycles. The van der Waals surface area contributed by atoms with Crippen LogP contribution in [0.3, 0.4) is 0 Å². The summed E-state index contributed by atoms with van der Waals surface area (Å²) in [5.74, 6) is -0.00447. The van der Waals surface area contributed by atoms with E-state index >= 15 is 0 Å². The molecule has 114 valence electrons. The van der Waals surface area contributed by atoms with Crippen LogP contribution in [-0.4, -0.2) is 32.0 Å². The molecule has 0 spiro atoms. The van der Waals surface area contributed by atoms with Gasteiger partial charge in [0.2, 0.25) is 5.91 Å². The minimum absolute atomic E-state index is 0.00447. The molecule has 0 radical (unpaired) electrons. The largest absolute Gasteiger partial charge is 0.354 e. The molecule has 2 heterocycles. The van der Waals surface area contributed by atoms with Gasteiger partial charge in [-0.3, -0.25) is 14.2 Å². The highest BCUT2D eigenvalue weighted by molar-refractivity contribution is 5.79. The van der Waals surface area contributed by atoms with Crippen molar-refractivity contribution in [3.8, 4) is 0 Å². The van der Waals surface area contributed by atoms with E-state index in [0.717, 1.165) is 30.0 Å². The number of aryl methyl sites for hydroxylation is 4. The van der Waals surface area contributed by atoms with Gasteiger partial charge in [0.15, 0.2) is 0 Å². The van der Waals surface area contributed by atoms with Crippen LogP contribution in [-0.2, 0) is 11.3 Å². The van der Waals surface area contributed by atoms with Crippen LogP contribution >= 0.6 is 0 Å². The maximum Gasteiger partial charge on any atom is 0.244 e. The molecule has 0 bridgehead atoms. The van der Waals surface area contributed by atoms with Crippen molar-refractivity contribution >= 4 is 5.91 Å². The Balaban J connectivity index is 1.77. The summed E-state index contributed by atoms with van der Waals surface area (Å²) in [4.78, 5) is 12.1. The molecule has 0 aliphatic rings. The first-order valence-electron chi connectivity index (χ1n) is 7.28. The van der Waals surface area contributed by atoms with Gasteiger partial charge in [-0.15, -0.1) is 0 Å². The van der Waals surface area contributed by atoms with Gasteiger partial charge in [-0.1, -0.05) is 0 Å². The Labute approximate surface area is 125 Å². The Morgan fingerprint density at radius 3 is 2.67 bits per heavy atom. The lowest BCUT2D eigenvalue weighted by Crippen LogP contribution is -2.33. The van der Waals surface area contributed by atoms with Crippen molar-refractivity contribution in [3.63, 3.8) is 0 Å². The second kappa shape index (κ2) is 6.56. The average molecular weight is 289 g/mol. The van der Waals surface area contributed by atoms with Gasteiger partial charge in [0, 0.05) is 30.7 Å². The van der Waals surface area contributed by atoms with Gasteiger partial charge < -0.3 is 5.32 Å². The number of amides is 1. The number of carbonyl (C=O) groups excluding carboxylic acids is 1. The Morgan fingerprint density at radius 2 is 2.10 bits per heavy atom. The molecular formula is C15H23N5O. The highest BCUT2D eigenvalue weighted by atomic mass is 16.2. The maximum atomic E-state index is 12.1. The van der Waals surface area contributed by atoms with Crippen LogP contribution in [0.1, 0.15) is 36.5 Å². The molecule has 6 heteroatoms. The number of hydrogen-bond donors (Lipinski definition) is 1. The zero-order valence-corrected chi connectivity index (χ0v) is 13.1. The molecule has 2 rings (SSSR count). The number of hydrogen-bond acceptors (Lipinski definition) is 3. The Kier molecular flexibility index (Phi) is 4.77. The molecule has 1 N–H and O–H groups in total. The summed E-state index contributed by atoms with van der Waals surface area (Å²) < 4.78 is 3.71. The Bertz CT molecular complexity index is 613. The molecule has 2 aromatic rings. The number of nitrogens with zero attached hydrogens (tertiary/aromatic N) is 4. The van der Waals surface area contributed by atoms with Gasteiger partial charge in [0.05, 0.1) is 5.69 Å². The van der Waals surface area contributed by atoms with E-state index in [-0.39, 0.29) is 11.9 Å². The summed E-state index contributed by atoms with van der Waals surface area (Å²) in [5.41, 5.74) is 3.17. The third-order valence-corrected chi connectivity index (χ3v) is 3.56. The normalized spacial score (nSPS) is 12.4. The summed E-state index contributed by atoms with van der Waals surface area (Å²) >= 11 is 0. The van der Waals surface area contributed by atoms with Gasteiger partial charge in [-0.2, -0.15) is 10.2 Å². The molecule has 0 aliphatic heterocycles. The SMILES string of the molecule is Cc1cc(C)n(CCCNC(=O)C(C)n2nccc2C)n1. The molecule has 1 amide bonds. The van der Waals surface area contributed by atoms with E-state index in [1.165, 1.54) is 0 Å². The number of carbonyl (C=O) groups is 1. The van der Waals surface area contributed by atoms with E-state index in [9.17, 15) is 4.79 Å².